The van der Waals surface area contributed by atoms with Crippen LogP contribution in [0, 0.1) is 74.1 Å². The molecule has 24 heteroatoms. The minimum Gasteiger partial charge on any atom is -0.459 e. The Morgan fingerprint density at radius 3 is 1.87 bits per heavy atom. The second-order valence-corrected chi connectivity index (χ2v) is 32.9. The van der Waals surface area contributed by atoms with E-state index < -0.39 is 114 Å². The molecule has 0 spiro atoms. The maximum absolute atomic E-state index is 14.3. The van der Waals surface area contributed by atoms with Gasteiger partial charge in [0.2, 0.25) is 0 Å². The van der Waals surface area contributed by atoms with Crippen LogP contribution in [-0.4, -0.2) is 247 Å². The zero-order chi connectivity index (χ0) is 70.6. The minimum absolute atomic E-state index is 0.0438. The fourth-order valence-corrected chi connectivity index (χ4v) is 12.9. The highest BCUT2D eigenvalue weighted by Crippen LogP contribution is 2.41. The van der Waals surface area contributed by atoms with Crippen LogP contribution >= 0.6 is 0 Å². The zero-order valence-corrected chi connectivity index (χ0v) is 60.4. The number of hydrogen-bond donors (Lipinski definition) is 6. The largest absolute Gasteiger partial charge is 0.459 e. The van der Waals surface area contributed by atoms with E-state index in [1.807, 2.05) is 57.5 Å². The molecule has 1 aromatic rings. The summed E-state index contributed by atoms with van der Waals surface area (Å²) < 4.78 is 87.3. The van der Waals surface area contributed by atoms with Crippen molar-refractivity contribution in [1.29, 1.82) is 0 Å². The number of aliphatic hydroxyl groups excluding tert-OH is 4. The lowest BCUT2D eigenvalue weighted by atomic mass is 9.77. The van der Waals surface area contributed by atoms with Gasteiger partial charge < -0.3 is 82.6 Å². The third-order valence-electron chi connectivity index (χ3n) is 17.6. The van der Waals surface area contributed by atoms with Gasteiger partial charge in [-0.1, -0.05) is 82.9 Å². The molecule has 528 valence electrons. The Labute approximate surface area is 553 Å². The summed E-state index contributed by atoms with van der Waals surface area (Å²) >= 11 is 0. The summed E-state index contributed by atoms with van der Waals surface area (Å²) in [5.41, 5.74) is -3.47. The van der Waals surface area contributed by atoms with E-state index in [0.717, 1.165) is 5.56 Å². The van der Waals surface area contributed by atoms with Crippen LogP contribution in [-0.2, 0) is 66.2 Å². The number of cyclic esters (lactones) is 1. The molecule has 22 nitrogen and oxygen atoms in total. The quantitative estimate of drug-likeness (QED) is 0.0273. The molecule has 1 aromatic carbocycles. The van der Waals surface area contributed by atoms with Gasteiger partial charge in [0.25, 0.3) is 10.1 Å². The number of methoxy groups -OCH3 is 1. The molecule has 18 atom stereocenters. The number of carbonyl (C=O) groups excluding carboxylic acids is 1. The first-order chi connectivity index (χ1) is 42.7. The summed E-state index contributed by atoms with van der Waals surface area (Å²) in [5, 5.41) is 66.7. The van der Waals surface area contributed by atoms with Crippen molar-refractivity contribution < 1.29 is 95.1 Å². The Morgan fingerprint density at radius 1 is 0.815 bits per heavy atom. The molecule has 0 saturated carbocycles. The van der Waals surface area contributed by atoms with Crippen molar-refractivity contribution in [2.45, 2.75) is 236 Å². The summed E-state index contributed by atoms with van der Waals surface area (Å²) in [6.07, 6.45) is 11.1. The Morgan fingerprint density at radius 2 is 1.36 bits per heavy atom. The SMILES string of the molecule is C#CCO.C#CCOCCN(C)[C@H]1C[C@@H](C)O[C@@H](O[C@@H]2[C@@H](C)[C@H](O[C@@H]3C[C@@](C)(OC)[C@@H](O)[C@H](C)O3)[C@@H](C)C(=O)O[C@H](CC)[C@@](C)(O)[C@H](O)[C@@H](C)N(C)C[C@H](C)C[C@@]2(C)O)[C@@H]1O.C#CCOCCOS(=O)(=O)c1ccc(C)cc1.C#CCOCCO[Si](C)(C)C(C)(C)C. The van der Waals surface area contributed by atoms with Crippen molar-refractivity contribution in [3.63, 3.8) is 0 Å². The number of aliphatic hydroxyl groups is 6. The van der Waals surface area contributed by atoms with Crippen molar-refractivity contribution in [3.05, 3.63) is 29.8 Å². The Bertz CT molecular complexity index is 2560. The first-order valence-corrected chi connectivity index (χ1v) is 36.0. The molecule has 3 fully saturated rings. The molecular weight excluding hydrogens is 1220 g/mol. The third-order valence-corrected chi connectivity index (χ3v) is 23.5. The van der Waals surface area contributed by atoms with Gasteiger partial charge in [0.05, 0.1) is 79.5 Å². The molecule has 4 rings (SSSR count). The molecule has 0 aromatic heterocycles. The number of hydrogen-bond acceptors (Lipinski definition) is 22. The summed E-state index contributed by atoms with van der Waals surface area (Å²) in [5.74, 6) is 6.45. The normalized spacial score (nSPS) is 32.8. The molecule has 3 saturated heterocycles. The van der Waals surface area contributed by atoms with Gasteiger partial charge in [-0.05, 0) is 125 Å². The predicted molar refractivity (Wildman–Crippen MR) is 355 cm³/mol. The lowest BCUT2D eigenvalue weighted by Crippen LogP contribution is -2.61. The molecule has 92 heavy (non-hydrogen) atoms. The summed E-state index contributed by atoms with van der Waals surface area (Å²) in [6, 6.07) is 5.50. The van der Waals surface area contributed by atoms with Crippen molar-refractivity contribution >= 4 is 24.4 Å². The third kappa shape index (κ3) is 27.5. The summed E-state index contributed by atoms with van der Waals surface area (Å²) in [7, 11) is -0.0724. The highest BCUT2D eigenvalue weighted by atomic mass is 32.2. The Hall–Kier alpha value is -3.62. The lowest BCUT2D eigenvalue weighted by Gasteiger charge is -2.49. The van der Waals surface area contributed by atoms with E-state index in [2.05, 4.69) is 58.0 Å². The van der Waals surface area contributed by atoms with E-state index in [1.54, 1.807) is 53.7 Å². The Balaban J connectivity index is 0.000000972. The van der Waals surface area contributed by atoms with Crippen LogP contribution in [0.3, 0.4) is 0 Å². The molecule has 3 heterocycles. The van der Waals surface area contributed by atoms with E-state index in [0.29, 0.717) is 45.9 Å². The maximum Gasteiger partial charge on any atom is 0.311 e. The summed E-state index contributed by atoms with van der Waals surface area (Å²) in [6.45, 7) is 33.7. The molecule has 3 aliphatic rings. The monoisotopic (exact) mass is 1340 g/mol. The van der Waals surface area contributed by atoms with Gasteiger partial charge in [0.1, 0.15) is 56.4 Å². The molecule has 0 aliphatic carbocycles. The van der Waals surface area contributed by atoms with Gasteiger partial charge in [0, 0.05) is 44.6 Å². The first kappa shape index (κ1) is 86.4. The van der Waals surface area contributed by atoms with Crippen molar-refractivity contribution in [2.75, 3.05) is 93.8 Å². The standard InChI is InChI=1S/C42H76N2O13.C12H14O4S.C11H22O2Si.C3H4O/c1-15-18-52-19-17-43(12)30-20-25(4)53-39(33(30)45)57-37-26(5)34(56-32-22-41(10,51-14)36(47)29(8)54-32)27(6)38(48)55-31(16-2)42(11,50)35(46)28(7)44(13)23-24(3)21-40(37,9)49;1-3-8-15-9-10-16-17(13,14)12-6-4-11(2)5-7-12;1-7-8-12-9-10-13-14(5,6)11(2,3)4;1-2-3-4/h1,24-37,39,45-47,49-50H,16-23H2,2-14H3;1,4-7H,8-10H2,2H3;1H,8-10H2,2-6H3;1,4H,3H2/t24-,25-,26+,27-,28-,29+,30+,31-,32-,33-,34+,35-,36+,37-,39+,40-,41-,42-;;;/m1.../s1. The number of esters is 1. The highest BCUT2D eigenvalue weighted by molar-refractivity contribution is 7.86. The second kappa shape index (κ2) is 40.8. The van der Waals surface area contributed by atoms with Crippen LogP contribution in [0.1, 0.15) is 121 Å². The first-order valence-electron chi connectivity index (χ1n) is 31.7. The van der Waals surface area contributed by atoms with Gasteiger partial charge in [-0.2, -0.15) is 8.42 Å². The number of likely N-dealkylation sites (N-methyl/N-ethyl adjacent to an activating group) is 2. The lowest BCUT2D eigenvalue weighted by molar-refractivity contribution is -0.318. The van der Waals surface area contributed by atoms with E-state index in [4.69, 9.17) is 75.6 Å². The summed E-state index contributed by atoms with van der Waals surface area (Å²) in [4.78, 5) is 18.3. The number of ether oxygens (including phenoxy) is 9. The fraction of sp³-hybridized carbons (Fsp3) is 0.779. The van der Waals surface area contributed by atoms with Crippen molar-refractivity contribution in [3.8, 4) is 49.4 Å². The minimum atomic E-state index is -3.70. The van der Waals surface area contributed by atoms with E-state index in [1.165, 1.54) is 26.2 Å². The fourth-order valence-electron chi connectivity index (χ4n) is 11.0. The van der Waals surface area contributed by atoms with Crippen molar-refractivity contribution in [2.24, 2.45) is 17.8 Å². The van der Waals surface area contributed by atoms with Gasteiger partial charge in [0.15, 0.2) is 20.9 Å². The molecule has 0 amide bonds. The van der Waals surface area contributed by atoms with E-state index in [-0.39, 0.29) is 80.3 Å². The smallest absolute Gasteiger partial charge is 0.311 e. The predicted octanol–water partition coefficient (Wildman–Crippen LogP) is 5.54. The van der Waals surface area contributed by atoms with Crippen LogP contribution < -0.4 is 0 Å². The zero-order valence-electron chi connectivity index (χ0n) is 58.6. The van der Waals surface area contributed by atoms with Gasteiger partial charge >= 0.3 is 5.97 Å². The molecule has 3 aliphatic heterocycles. The number of rotatable bonds is 22. The van der Waals surface area contributed by atoms with Crippen LogP contribution in [0.4, 0.5) is 0 Å². The molecule has 0 bridgehead atoms. The number of benzene rings is 1. The highest BCUT2D eigenvalue weighted by Gasteiger charge is 2.53. The second-order valence-electron chi connectivity index (χ2n) is 26.5. The van der Waals surface area contributed by atoms with E-state index >= 15 is 0 Å². The number of aryl methyl sites for hydroxylation is 1. The van der Waals surface area contributed by atoms with Gasteiger partial charge in [-0.25, -0.2) is 0 Å². The average molecular weight is 1340 g/mol. The molecule has 0 unspecified atom stereocenters. The molecule has 0 radical (unpaired) electrons. The number of nitrogens with zero attached hydrogens (tertiary/aromatic N) is 2. The van der Waals surface area contributed by atoms with Gasteiger partial charge in [-0.15, -0.1) is 25.7 Å². The Kier molecular flexibility index (Phi) is 38.3. The molecular formula is C68H116N2O20SSi. The van der Waals surface area contributed by atoms with Crippen LogP contribution in [0.2, 0.25) is 18.1 Å². The van der Waals surface area contributed by atoms with Crippen LogP contribution in [0.5, 0.6) is 0 Å². The van der Waals surface area contributed by atoms with Crippen LogP contribution in [0.25, 0.3) is 0 Å². The number of carbonyl (C=O) groups is 1. The topological polar surface area (TPSA) is 281 Å². The molecule has 6 N–H and O–H groups in total. The van der Waals surface area contributed by atoms with Crippen molar-refractivity contribution in [1.82, 2.24) is 9.80 Å². The van der Waals surface area contributed by atoms with E-state index in [9.17, 15) is 38.7 Å². The average Bonchev–Trinajstić information content (AvgIpc) is 0.996. The maximum atomic E-state index is 14.3. The van der Waals surface area contributed by atoms with Crippen LogP contribution in [0.15, 0.2) is 29.2 Å². The van der Waals surface area contributed by atoms with Gasteiger partial charge in [-0.3, -0.25) is 13.9 Å². The number of terminal acetylenes is 4.